The summed E-state index contributed by atoms with van der Waals surface area (Å²) in [5, 5.41) is 2.32. The van der Waals surface area contributed by atoms with Gasteiger partial charge in [-0.25, -0.2) is 0 Å². The highest BCUT2D eigenvalue weighted by Gasteiger charge is 2.30. The first-order valence-electron chi connectivity index (χ1n) is 5.74. The van der Waals surface area contributed by atoms with Gasteiger partial charge in [0.25, 0.3) is 0 Å². The summed E-state index contributed by atoms with van der Waals surface area (Å²) >= 11 is 5.85. The number of nitrogens with one attached hydrogen (secondary N) is 1. The summed E-state index contributed by atoms with van der Waals surface area (Å²) in [7, 11) is 0. The average Bonchev–Trinajstić information content (AvgIpc) is 2.44. The lowest BCUT2D eigenvalue weighted by Crippen LogP contribution is -2.31. The Morgan fingerprint density at radius 1 is 1.15 bits per heavy atom. The van der Waals surface area contributed by atoms with E-state index in [0.29, 0.717) is 0 Å². The van der Waals surface area contributed by atoms with Gasteiger partial charge in [-0.2, -0.15) is 8.78 Å². The molecule has 2 rings (SSSR count). The van der Waals surface area contributed by atoms with Crippen molar-refractivity contribution in [2.45, 2.75) is 6.61 Å². The normalized spacial score (nSPS) is 14.8. The van der Waals surface area contributed by atoms with E-state index in [1.54, 1.807) is 12.1 Å². The SMILES string of the molecule is O=C1C(Cl)=C(NCCOC(F)F)C(=O)c2ccccc21. The van der Waals surface area contributed by atoms with Crippen LogP contribution in [0.5, 0.6) is 0 Å². The Kier molecular flexibility index (Phi) is 4.46. The number of halogens is 3. The molecule has 0 amide bonds. The van der Waals surface area contributed by atoms with Crippen molar-refractivity contribution in [3.8, 4) is 0 Å². The lowest BCUT2D eigenvalue weighted by molar-refractivity contribution is -0.126. The van der Waals surface area contributed by atoms with Crippen molar-refractivity contribution in [3.05, 3.63) is 46.1 Å². The standard InChI is InChI=1S/C13H10ClF2NO3/c14-9-10(17-5-6-20-13(15)16)12(19)8-4-2-1-3-7(8)11(9)18/h1-4,13,17H,5-6H2. The average molecular weight is 302 g/mol. The predicted octanol–water partition coefficient (Wildman–Crippen LogP) is 2.34. The van der Waals surface area contributed by atoms with Gasteiger partial charge in [0.05, 0.1) is 6.61 Å². The van der Waals surface area contributed by atoms with Crippen molar-refractivity contribution in [3.63, 3.8) is 0 Å². The van der Waals surface area contributed by atoms with E-state index in [-0.39, 0.29) is 35.0 Å². The van der Waals surface area contributed by atoms with E-state index >= 15 is 0 Å². The van der Waals surface area contributed by atoms with Gasteiger partial charge in [0.2, 0.25) is 11.6 Å². The number of alkyl halides is 2. The van der Waals surface area contributed by atoms with Gasteiger partial charge in [-0.3, -0.25) is 9.59 Å². The van der Waals surface area contributed by atoms with E-state index in [2.05, 4.69) is 10.1 Å². The first-order chi connectivity index (χ1) is 9.52. The zero-order valence-electron chi connectivity index (χ0n) is 10.2. The maximum atomic E-state index is 12.2. The van der Waals surface area contributed by atoms with Gasteiger partial charge in [0.15, 0.2) is 0 Å². The van der Waals surface area contributed by atoms with E-state index in [1.165, 1.54) is 12.1 Å². The number of ether oxygens (including phenoxy) is 1. The molecule has 7 heteroatoms. The number of Topliss-reactive ketones (excluding diaryl/α,β-unsaturated/α-hetero) is 2. The Morgan fingerprint density at radius 3 is 2.35 bits per heavy atom. The number of hydrogen-bond donors (Lipinski definition) is 1. The van der Waals surface area contributed by atoms with E-state index in [0.717, 1.165) is 0 Å². The molecular formula is C13H10ClF2NO3. The third-order valence-electron chi connectivity index (χ3n) is 2.71. The lowest BCUT2D eigenvalue weighted by atomic mass is 9.92. The first kappa shape index (κ1) is 14.6. The van der Waals surface area contributed by atoms with Crippen LogP contribution in [-0.2, 0) is 4.74 Å². The van der Waals surface area contributed by atoms with Crippen molar-refractivity contribution >= 4 is 23.2 Å². The van der Waals surface area contributed by atoms with Crippen molar-refractivity contribution < 1.29 is 23.1 Å². The zero-order chi connectivity index (χ0) is 14.7. The predicted molar refractivity (Wildman–Crippen MR) is 67.9 cm³/mol. The van der Waals surface area contributed by atoms with Crippen LogP contribution >= 0.6 is 11.6 Å². The van der Waals surface area contributed by atoms with Gasteiger partial charge in [-0.1, -0.05) is 35.9 Å². The van der Waals surface area contributed by atoms with E-state index in [1.807, 2.05) is 0 Å². The fourth-order valence-electron chi connectivity index (χ4n) is 1.83. The smallest absolute Gasteiger partial charge is 0.345 e. The molecule has 20 heavy (non-hydrogen) atoms. The lowest BCUT2D eigenvalue weighted by Gasteiger charge is -2.18. The topological polar surface area (TPSA) is 55.4 Å². The van der Waals surface area contributed by atoms with E-state index < -0.39 is 18.2 Å². The molecule has 0 radical (unpaired) electrons. The molecule has 4 nitrogen and oxygen atoms in total. The number of carbonyl (C=O) groups is 2. The molecule has 0 atom stereocenters. The van der Waals surface area contributed by atoms with Crippen LogP contribution in [0.3, 0.4) is 0 Å². The second kappa shape index (κ2) is 6.11. The van der Waals surface area contributed by atoms with Crippen LogP contribution in [0.2, 0.25) is 0 Å². The second-order valence-electron chi connectivity index (χ2n) is 3.95. The van der Waals surface area contributed by atoms with Gasteiger partial charge in [-0.05, 0) is 0 Å². The van der Waals surface area contributed by atoms with E-state index in [4.69, 9.17) is 11.6 Å². The molecule has 0 saturated carbocycles. The molecule has 106 valence electrons. The summed E-state index contributed by atoms with van der Waals surface area (Å²) in [5.74, 6) is -0.915. The Hall–Kier alpha value is -1.79. The highest BCUT2D eigenvalue weighted by atomic mass is 35.5. The molecular weight excluding hydrogens is 292 g/mol. The van der Waals surface area contributed by atoms with Gasteiger partial charge >= 0.3 is 6.61 Å². The summed E-state index contributed by atoms with van der Waals surface area (Å²) < 4.78 is 27.6. The van der Waals surface area contributed by atoms with Crippen LogP contribution < -0.4 is 5.32 Å². The highest BCUT2D eigenvalue weighted by molar-refractivity contribution is 6.49. The molecule has 1 aliphatic rings. The number of carbonyl (C=O) groups excluding carboxylic acids is 2. The molecule has 0 aromatic heterocycles. The maximum Gasteiger partial charge on any atom is 0.345 e. The minimum Gasteiger partial charge on any atom is -0.378 e. The molecule has 0 aliphatic heterocycles. The summed E-state index contributed by atoms with van der Waals surface area (Å²) in [6.07, 6.45) is 0. The van der Waals surface area contributed by atoms with Crippen LogP contribution in [0.15, 0.2) is 35.0 Å². The molecule has 0 heterocycles. The third kappa shape index (κ3) is 2.86. The number of rotatable bonds is 5. The van der Waals surface area contributed by atoms with Crippen molar-refractivity contribution in [1.82, 2.24) is 5.32 Å². The fourth-order valence-corrected chi connectivity index (χ4v) is 2.08. The summed E-state index contributed by atoms with van der Waals surface area (Å²) in [4.78, 5) is 24.1. The molecule has 0 unspecified atom stereocenters. The minimum absolute atomic E-state index is 0.0585. The molecule has 1 aromatic carbocycles. The summed E-state index contributed by atoms with van der Waals surface area (Å²) in [6.45, 7) is -3.25. The van der Waals surface area contributed by atoms with Crippen LogP contribution in [0.4, 0.5) is 8.78 Å². The largest absolute Gasteiger partial charge is 0.378 e. The first-order valence-corrected chi connectivity index (χ1v) is 6.12. The van der Waals surface area contributed by atoms with Gasteiger partial charge < -0.3 is 10.1 Å². The number of ketones is 2. The quantitative estimate of drug-likeness (QED) is 0.848. The monoisotopic (exact) mass is 301 g/mol. The van der Waals surface area contributed by atoms with Gasteiger partial charge in [0, 0.05) is 17.7 Å². The number of fused-ring (bicyclic) bond motifs is 1. The molecule has 1 N–H and O–H groups in total. The number of allylic oxidation sites excluding steroid dienone is 2. The van der Waals surface area contributed by atoms with Gasteiger partial charge in [-0.15, -0.1) is 0 Å². The van der Waals surface area contributed by atoms with Crippen molar-refractivity contribution in [2.24, 2.45) is 0 Å². The van der Waals surface area contributed by atoms with Crippen molar-refractivity contribution in [1.29, 1.82) is 0 Å². The minimum atomic E-state index is -2.88. The third-order valence-corrected chi connectivity index (χ3v) is 3.07. The Bertz CT molecular complexity index is 587. The van der Waals surface area contributed by atoms with Gasteiger partial charge in [0.1, 0.15) is 10.7 Å². The number of benzene rings is 1. The van der Waals surface area contributed by atoms with Crippen LogP contribution in [0.25, 0.3) is 0 Å². The zero-order valence-corrected chi connectivity index (χ0v) is 10.9. The molecule has 0 spiro atoms. The maximum absolute atomic E-state index is 12.2. The second-order valence-corrected chi connectivity index (χ2v) is 4.33. The Morgan fingerprint density at radius 2 is 1.75 bits per heavy atom. The van der Waals surface area contributed by atoms with Crippen molar-refractivity contribution in [2.75, 3.05) is 13.2 Å². The van der Waals surface area contributed by atoms with Crippen LogP contribution in [0, 0.1) is 0 Å². The number of hydrogen-bond acceptors (Lipinski definition) is 4. The Balaban J connectivity index is 2.15. The molecule has 1 aromatic rings. The highest BCUT2D eigenvalue weighted by Crippen LogP contribution is 2.26. The van der Waals surface area contributed by atoms with Crippen LogP contribution in [-0.4, -0.2) is 31.3 Å². The summed E-state index contributed by atoms with van der Waals surface area (Å²) in [6, 6.07) is 6.27. The fraction of sp³-hybridized carbons (Fsp3) is 0.231. The molecule has 0 bridgehead atoms. The molecule has 0 saturated heterocycles. The molecule has 1 aliphatic carbocycles. The van der Waals surface area contributed by atoms with Crippen LogP contribution in [0.1, 0.15) is 20.7 Å². The van der Waals surface area contributed by atoms with E-state index in [9.17, 15) is 18.4 Å². The molecule has 0 fully saturated rings. The Labute approximate surface area is 118 Å². The summed E-state index contributed by atoms with van der Waals surface area (Å²) in [5.41, 5.74) is 0.379.